The number of para-hydroxylation sites is 4. The monoisotopic (exact) mass is 752 g/mol. The third-order valence-electron chi connectivity index (χ3n) is 11.8. The van der Waals surface area contributed by atoms with Gasteiger partial charge in [-0.2, -0.15) is 0 Å². The maximum absolute atomic E-state index is 5.30. The fraction of sp³-hybridized carbons (Fsp3) is 0. The Kier molecular flexibility index (Phi) is 7.50. The van der Waals surface area contributed by atoms with Crippen molar-refractivity contribution in [2.75, 3.05) is 0 Å². The molecule has 0 atom stereocenters. The molecule has 12 rings (SSSR count). The Balaban J connectivity index is 1.16. The van der Waals surface area contributed by atoms with E-state index < -0.39 is 0 Å². The number of fused-ring (bicyclic) bond motifs is 9. The van der Waals surface area contributed by atoms with Crippen LogP contribution in [-0.2, 0) is 0 Å². The molecule has 0 fully saturated rings. The van der Waals surface area contributed by atoms with Crippen LogP contribution in [0.1, 0.15) is 0 Å². The summed E-state index contributed by atoms with van der Waals surface area (Å²) < 4.78 is 7.37. The Bertz CT molecular complexity index is 3430. The molecule has 4 aromatic heterocycles. The summed E-state index contributed by atoms with van der Waals surface area (Å²) in [6.07, 6.45) is 0. The smallest absolute Gasteiger partial charge is 0.0811 e. The summed E-state index contributed by atoms with van der Waals surface area (Å²) >= 11 is 0. The molecule has 4 heteroatoms. The average molecular weight is 753 g/mol. The van der Waals surface area contributed by atoms with Gasteiger partial charge in [-0.1, -0.05) is 146 Å². The molecular formula is C55H36N4. The fourth-order valence-electron chi connectivity index (χ4n) is 9.28. The third-order valence-corrected chi connectivity index (χ3v) is 11.8. The van der Waals surface area contributed by atoms with Crippen LogP contribution in [0.4, 0.5) is 0 Å². The summed E-state index contributed by atoms with van der Waals surface area (Å²) in [6, 6.07) is 78.3. The van der Waals surface area contributed by atoms with Crippen LogP contribution in [0.2, 0.25) is 0 Å². The lowest BCUT2D eigenvalue weighted by atomic mass is 10.00. The standard InChI is InChI=1S/C55H36N4/c1-5-18-37(19-6-1)40-35-46(38-20-7-2-8-21-38)56-47(36-40)39-22-17-27-43(34-39)57-48-30-15-13-28-44(48)52-50(57)32-33-51-53(52)55-54(59(51)42-25-11-4-12-26-42)45-29-14-16-31-49(45)58(55)41-23-9-3-10-24-41/h1-36H. The number of nitrogens with zero attached hydrogens (tertiary/aromatic N) is 4. The zero-order valence-electron chi connectivity index (χ0n) is 32.1. The summed E-state index contributed by atoms with van der Waals surface area (Å²) in [5, 5.41) is 4.90. The van der Waals surface area contributed by atoms with E-state index in [4.69, 9.17) is 4.98 Å². The van der Waals surface area contributed by atoms with Crippen molar-refractivity contribution in [1.29, 1.82) is 0 Å². The van der Waals surface area contributed by atoms with Crippen molar-refractivity contribution in [2.24, 2.45) is 0 Å². The van der Waals surface area contributed by atoms with Gasteiger partial charge in [0.1, 0.15) is 0 Å². The quantitative estimate of drug-likeness (QED) is 0.166. The van der Waals surface area contributed by atoms with E-state index >= 15 is 0 Å². The minimum Gasteiger partial charge on any atom is -0.309 e. The van der Waals surface area contributed by atoms with Gasteiger partial charge in [-0.05, 0) is 83.9 Å². The number of hydrogen-bond donors (Lipinski definition) is 0. The van der Waals surface area contributed by atoms with Gasteiger partial charge in [-0.25, -0.2) is 4.98 Å². The van der Waals surface area contributed by atoms with Crippen LogP contribution in [0.5, 0.6) is 0 Å². The minimum absolute atomic E-state index is 0.934. The number of aromatic nitrogens is 4. The summed E-state index contributed by atoms with van der Waals surface area (Å²) in [6.45, 7) is 0. The molecule has 0 N–H and O–H groups in total. The van der Waals surface area contributed by atoms with Gasteiger partial charge in [0.2, 0.25) is 0 Å². The SMILES string of the molecule is c1ccc(-c2cc(-c3ccccc3)nc(-c3cccc(-n4c5ccccc5c5c6c(ccc54)n(-c4ccccc4)c4c5ccccc5n(-c5ccccc5)c64)c3)c2)cc1. The van der Waals surface area contributed by atoms with Gasteiger partial charge in [0.15, 0.2) is 0 Å². The normalized spacial score (nSPS) is 11.7. The van der Waals surface area contributed by atoms with Crippen LogP contribution in [0.3, 0.4) is 0 Å². The lowest BCUT2D eigenvalue weighted by Gasteiger charge is -2.13. The van der Waals surface area contributed by atoms with Gasteiger partial charge in [0.05, 0.1) is 44.5 Å². The number of pyridine rings is 1. The lowest BCUT2D eigenvalue weighted by Crippen LogP contribution is -1.96. The summed E-state index contributed by atoms with van der Waals surface area (Å²) in [5.74, 6) is 0. The molecule has 4 nitrogen and oxygen atoms in total. The predicted octanol–water partition coefficient (Wildman–Crippen LogP) is 14.2. The highest BCUT2D eigenvalue weighted by molar-refractivity contribution is 6.31. The maximum Gasteiger partial charge on any atom is 0.0811 e. The van der Waals surface area contributed by atoms with Crippen LogP contribution in [0.25, 0.3) is 105 Å². The molecule has 0 bridgehead atoms. The first-order chi connectivity index (χ1) is 29.3. The molecular weight excluding hydrogens is 717 g/mol. The average Bonchev–Trinajstić information content (AvgIpc) is 3.95. The highest BCUT2D eigenvalue weighted by Gasteiger charge is 2.26. The van der Waals surface area contributed by atoms with E-state index in [1.54, 1.807) is 0 Å². The Morgan fingerprint density at radius 2 is 0.746 bits per heavy atom. The molecule has 276 valence electrons. The van der Waals surface area contributed by atoms with Crippen LogP contribution >= 0.6 is 0 Å². The van der Waals surface area contributed by atoms with Crippen molar-refractivity contribution in [3.05, 3.63) is 218 Å². The zero-order valence-corrected chi connectivity index (χ0v) is 32.1. The Morgan fingerprint density at radius 3 is 1.41 bits per heavy atom. The molecule has 0 aliphatic rings. The molecule has 0 unspecified atom stereocenters. The van der Waals surface area contributed by atoms with Crippen LogP contribution in [0.15, 0.2) is 218 Å². The molecule has 12 aromatic rings. The van der Waals surface area contributed by atoms with Gasteiger partial charge in [0.25, 0.3) is 0 Å². The summed E-state index contributed by atoms with van der Waals surface area (Å²) in [7, 11) is 0. The van der Waals surface area contributed by atoms with E-state index in [9.17, 15) is 0 Å². The summed E-state index contributed by atoms with van der Waals surface area (Å²) in [5.41, 5.74) is 16.8. The second-order valence-corrected chi connectivity index (χ2v) is 15.2. The molecule has 0 amide bonds. The molecule has 8 aromatic carbocycles. The number of rotatable bonds is 6. The Hall–Kier alpha value is -7.95. The third kappa shape index (κ3) is 5.20. The number of benzene rings is 8. The van der Waals surface area contributed by atoms with Crippen molar-refractivity contribution in [3.8, 4) is 50.7 Å². The molecule has 0 spiro atoms. The van der Waals surface area contributed by atoms with Crippen molar-refractivity contribution < 1.29 is 0 Å². The summed E-state index contributed by atoms with van der Waals surface area (Å²) in [4.78, 5) is 5.30. The molecule has 0 aliphatic heterocycles. The molecule has 0 radical (unpaired) electrons. The van der Waals surface area contributed by atoms with E-state index in [2.05, 4.69) is 232 Å². The lowest BCUT2D eigenvalue weighted by molar-refractivity contribution is 1.17. The Labute approximate surface area is 341 Å². The largest absolute Gasteiger partial charge is 0.309 e. The van der Waals surface area contributed by atoms with Crippen LogP contribution in [-0.4, -0.2) is 18.7 Å². The van der Waals surface area contributed by atoms with E-state index in [1.165, 1.54) is 43.6 Å². The van der Waals surface area contributed by atoms with E-state index in [0.717, 1.165) is 61.7 Å². The molecule has 0 saturated carbocycles. The van der Waals surface area contributed by atoms with Crippen molar-refractivity contribution >= 4 is 54.6 Å². The van der Waals surface area contributed by atoms with Crippen molar-refractivity contribution in [3.63, 3.8) is 0 Å². The first-order valence-electron chi connectivity index (χ1n) is 20.1. The van der Waals surface area contributed by atoms with E-state index in [1.807, 2.05) is 0 Å². The van der Waals surface area contributed by atoms with Crippen molar-refractivity contribution in [1.82, 2.24) is 18.7 Å². The number of hydrogen-bond acceptors (Lipinski definition) is 1. The maximum atomic E-state index is 5.30. The minimum atomic E-state index is 0.934. The van der Waals surface area contributed by atoms with E-state index in [-0.39, 0.29) is 0 Å². The van der Waals surface area contributed by atoms with Crippen LogP contribution in [0, 0.1) is 0 Å². The predicted molar refractivity (Wildman–Crippen MR) is 246 cm³/mol. The van der Waals surface area contributed by atoms with Gasteiger partial charge in [-0.3, -0.25) is 0 Å². The topological polar surface area (TPSA) is 27.7 Å². The van der Waals surface area contributed by atoms with Crippen molar-refractivity contribution in [2.45, 2.75) is 0 Å². The molecule has 0 aliphatic carbocycles. The Morgan fingerprint density at radius 1 is 0.271 bits per heavy atom. The van der Waals surface area contributed by atoms with E-state index in [0.29, 0.717) is 0 Å². The van der Waals surface area contributed by atoms with Gasteiger partial charge < -0.3 is 13.7 Å². The molecule has 0 saturated heterocycles. The fourth-order valence-corrected chi connectivity index (χ4v) is 9.28. The van der Waals surface area contributed by atoms with Gasteiger partial charge >= 0.3 is 0 Å². The highest BCUT2D eigenvalue weighted by atomic mass is 15.1. The van der Waals surface area contributed by atoms with Crippen LogP contribution < -0.4 is 0 Å². The second-order valence-electron chi connectivity index (χ2n) is 15.2. The van der Waals surface area contributed by atoms with Gasteiger partial charge in [-0.15, -0.1) is 0 Å². The second kappa shape index (κ2) is 13.3. The van der Waals surface area contributed by atoms with Gasteiger partial charge in [0, 0.05) is 49.7 Å². The first-order valence-corrected chi connectivity index (χ1v) is 20.1. The first kappa shape index (κ1) is 33.2. The zero-order chi connectivity index (χ0) is 38.9. The molecule has 4 heterocycles. The molecule has 59 heavy (non-hydrogen) atoms. The highest BCUT2D eigenvalue weighted by Crippen LogP contribution is 2.46.